The first-order chi connectivity index (χ1) is 6.29. The molecule has 0 aliphatic carbocycles. The predicted octanol–water partition coefficient (Wildman–Crippen LogP) is 0.355. The number of methoxy groups -OCH3 is 1. The van der Waals surface area contributed by atoms with Gasteiger partial charge in [-0.05, 0) is 12.8 Å². The van der Waals surface area contributed by atoms with Crippen LogP contribution >= 0.6 is 0 Å². The van der Waals surface area contributed by atoms with Crippen LogP contribution in [0.1, 0.15) is 12.8 Å². The molecule has 0 spiro atoms. The average Bonchev–Trinajstić information content (AvgIpc) is 2.61. The summed E-state index contributed by atoms with van der Waals surface area (Å²) in [5.41, 5.74) is -0.507. The van der Waals surface area contributed by atoms with Gasteiger partial charge in [0, 0.05) is 13.2 Å². The van der Waals surface area contributed by atoms with E-state index < -0.39 is 5.41 Å². The van der Waals surface area contributed by atoms with Gasteiger partial charge in [0.25, 0.3) is 0 Å². The van der Waals surface area contributed by atoms with Gasteiger partial charge in [0.2, 0.25) is 0 Å². The van der Waals surface area contributed by atoms with Crippen molar-refractivity contribution in [3.05, 3.63) is 0 Å². The Hall–Kier alpha value is -0.610. The second-order valence-corrected chi connectivity index (χ2v) is 3.60. The molecule has 0 radical (unpaired) electrons. The number of carbonyl (C=O) groups excluding carboxylic acids is 1. The Bertz CT molecular complexity index is 216. The molecule has 0 bridgehead atoms. The maximum atomic E-state index is 11.6. The Morgan fingerprint density at radius 3 is 3.15 bits per heavy atom. The monoisotopic (exact) mass is 186 g/mol. The summed E-state index contributed by atoms with van der Waals surface area (Å²) in [6.07, 6.45) is 1.54. The van der Waals surface area contributed by atoms with Crippen LogP contribution in [0.3, 0.4) is 0 Å². The zero-order valence-electron chi connectivity index (χ0n) is 7.75. The van der Waals surface area contributed by atoms with Crippen molar-refractivity contribution in [3.63, 3.8) is 0 Å². The summed E-state index contributed by atoms with van der Waals surface area (Å²) in [5, 5.41) is 0. The van der Waals surface area contributed by atoms with Crippen LogP contribution in [0.15, 0.2) is 0 Å². The first-order valence-corrected chi connectivity index (χ1v) is 4.57. The van der Waals surface area contributed by atoms with E-state index >= 15 is 0 Å². The lowest BCUT2D eigenvalue weighted by Gasteiger charge is -2.34. The van der Waals surface area contributed by atoms with E-state index in [-0.39, 0.29) is 12.1 Å². The van der Waals surface area contributed by atoms with E-state index in [2.05, 4.69) is 0 Å². The predicted molar refractivity (Wildman–Crippen MR) is 44.2 cm³/mol. The summed E-state index contributed by atoms with van der Waals surface area (Å²) in [7, 11) is 1.42. The normalized spacial score (nSPS) is 38.4. The highest BCUT2D eigenvalue weighted by Crippen LogP contribution is 2.40. The SMILES string of the molecule is COC(=O)[C@]12CCO[C@H]1CCOC2. The standard InChI is InChI=1S/C9H14O4/c1-11-8(10)9-3-5-13-7(9)2-4-12-6-9/h7H,2-6H2,1H3/t7-,9-/m0/s1. The molecule has 0 saturated carbocycles. The van der Waals surface area contributed by atoms with Gasteiger partial charge >= 0.3 is 5.97 Å². The van der Waals surface area contributed by atoms with Gasteiger partial charge in [0.15, 0.2) is 0 Å². The number of fused-ring (bicyclic) bond motifs is 1. The van der Waals surface area contributed by atoms with Gasteiger partial charge < -0.3 is 14.2 Å². The summed E-state index contributed by atoms with van der Waals surface area (Å²) in [6, 6.07) is 0. The van der Waals surface area contributed by atoms with Crippen molar-refractivity contribution in [2.24, 2.45) is 5.41 Å². The third kappa shape index (κ3) is 1.25. The molecule has 0 aromatic rings. The third-order valence-corrected chi connectivity index (χ3v) is 2.96. The number of rotatable bonds is 1. The highest BCUT2D eigenvalue weighted by Gasteiger charge is 2.53. The molecule has 2 fully saturated rings. The van der Waals surface area contributed by atoms with Crippen LogP contribution in [-0.4, -0.2) is 39.0 Å². The first kappa shape index (κ1) is 8.97. The van der Waals surface area contributed by atoms with Crippen LogP contribution < -0.4 is 0 Å². The van der Waals surface area contributed by atoms with E-state index in [0.29, 0.717) is 19.8 Å². The van der Waals surface area contributed by atoms with Gasteiger partial charge in [-0.25, -0.2) is 0 Å². The smallest absolute Gasteiger partial charge is 0.316 e. The molecular formula is C9H14O4. The maximum absolute atomic E-state index is 11.6. The molecule has 0 N–H and O–H groups in total. The van der Waals surface area contributed by atoms with Crippen molar-refractivity contribution >= 4 is 5.97 Å². The molecule has 2 rings (SSSR count). The van der Waals surface area contributed by atoms with Gasteiger partial charge in [0.05, 0.1) is 19.8 Å². The lowest BCUT2D eigenvalue weighted by atomic mass is 9.79. The summed E-state index contributed by atoms with van der Waals surface area (Å²) in [5.74, 6) is -0.185. The second kappa shape index (κ2) is 3.27. The van der Waals surface area contributed by atoms with E-state index in [4.69, 9.17) is 14.2 Å². The Morgan fingerprint density at radius 2 is 2.38 bits per heavy atom. The van der Waals surface area contributed by atoms with Crippen molar-refractivity contribution in [2.45, 2.75) is 18.9 Å². The van der Waals surface area contributed by atoms with Gasteiger partial charge in [-0.15, -0.1) is 0 Å². The Balaban J connectivity index is 2.20. The molecule has 0 unspecified atom stereocenters. The van der Waals surface area contributed by atoms with E-state index in [0.717, 1.165) is 12.8 Å². The van der Waals surface area contributed by atoms with Crippen molar-refractivity contribution in [3.8, 4) is 0 Å². The third-order valence-electron chi connectivity index (χ3n) is 2.96. The first-order valence-electron chi connectivity index (χ1n) is 4.57. The molecule has 0 amide bonds. The van der Waals surface area contributed by atoms with Gasteiger partial charge in [0.1, 0.15) is 5.41 Å². The van der Waals surface area contributed by atoms with E-state index in [1.807, 2.05) is 0 Å². The van der Waals surface area contributed by atoms with Crippen LogP contribution in [0, 0.1) is 5.41 Å². The molecule has 2 aliphatic rings. The molecule has 13 heavy (non-hydrogen) atoms. The maximum Gasteiger partial charge on any atom is 0.316 e. The summed E-state index contributed by atoms with van der Waals surface area (Å²) >= 11 is 0. The zero-order valence-corrected chi connectivity index (χ0v) is 7.75. The van der Waals surface area contributed by atoms with E-state index in [9.17, 15) is 4.79 Å². The molecule has 2 aliphatic heterocycles. The minimum Gasteiger partial charge on any atom is -0.468 e. The molecule has 2 heterocycles. The molecular weight excluding hydrogens is 172 g/mol. The van der Waals surface area contributed by atoms with Crippen LogP contribution in [0.2, 0.25) is 0 Å². The summed E-state index contributed by atoms with van der Waals surface area (Å²) in [6.45, 7) is 1.77. The molecule has 74 valence electrons. The van der Waals surface area contributed by atoms with E-state index in [1.54, 1.807) is 0 Å². The highest BCUT2D eigenvalue weighted by atomic mass is 16.5. The Labute approximate surface area is 77.1 Å². The van der Waals surface area contributed by atoms with Gasteiger partial charge in [-0.1, -0.05) is 0 Å². The number of ether oxygens (including phenoxy) is 3. The Morgan fingerprint density at radius 1 is 1.54 bits per heavy atom. The molecule has 2 atom stereocenters. The quantitative estimate of drug-likeness (QED) is 0.554. The average molecular weight is 186 g/mol. The molecule has 0 aromatic heterocycles. The number of esters is 1. The van der Waals surface area contributed by atoms with Crippen LogP contribution in [-0.2, 0) is 19.0 Å². The molecule has 4 nitrogen and oxygen atoms in total. The fourth-order valence-corrected chi connectivity index (χ4v) is 2.17. The molecule has 0 aromatic carbocycles. The summed E-state index contributed by atoms with van der Waals surface area (Å²) < 4.78 is 15.6. The Kier molecular flexibility index (Phi) is 2.26. The van der Waals surface area contributed by atoms with Crippen LogP contribution in [0.4, 0.5) is 0 Å². The lowest BCUT2D eigenvalue weighted by molar-refractivity contribution is -0.168. The number of hydrogen-bond acceptors (Lipinski definition) is 4. The second-order valence-electron chi connectivity index (χ2n) is 3.60. The van der Waals surface area contributed by atoms with Gasteiger partial charge in [-0.3, -0.25) is 4.79 Å². The fourth-order valence-electron chi connectivity index (χ4n) is 2.17. The van der Waals surface area contributed by atoms with Crippen molar-refractivity contribution in [1.29, 1.82) is 0 Å². The minimum absolute atomic E-state index is 0.00806. The lowest BCUT2D eigenvalue weighted by Crippen LogP contribution is -2.47. The highest BCUT2D eigenvalue weighted by molar-refractivity contribution is 5.78. The number of hydrogen-bond donors (Lipinski definition) is 0. The van der Waals surface area contributed by atoms with Crippen molar-refractivity contribution < 1.29 is 19.0 Å². The number of carbonyl (C=O) groups is 1. The minimum atomic E-state index is -0.507. The van der Waals surface area contributed by atoms with Crippen molar-refractivity contribution in [2.75, 3.05) is 26.9 Å². The van der Waals surface area contributed by atoms with Crippen LogP contribution in [0.25, 0.3) is 0 Å². The zero-order chi connectivity index (χ0) is 9.31. The summed E-state index contributed by atoms with van der Waals surface area (Å²) in [4.78, 5) is 11.6. The largest absolute Gasteiger partial charge is 0.468 e. The van der Waals surface area contributed by atoms with Crippen molar-refractivity contribution in [1.82, 2.24) is 0 Å². The fraction of sp³-hybridized carbons (Fsp3) is 0.889. The van der Waals surface area contributed by atoms with Crippen LogP contribution in [0.5, 0.6) is 0 Å². The van der Waals surface area contributed by atoms with Gasteiger partial charge in [-0.2, -0.15) is 0 Å². The molecule has 4 heteroatoms. The molecule has 2 saturated heterocycles. The topological polar surface area (TPSA) is 44.8 Å². The van der Waals surface area contributed by atoms with E-state index in [1.165, 1.54) is 7.11 Å².